The predicted octanol–water partition coefficient (Wildman–Crippen LogP) is 3.77. The van der Waals surface area contributed by atoms with Crippen molar-refractivity contribution >= 4 is 28.2 Å². The zero-order valence-electron chi connectivity index (χ0n) is 16.7. The molecule has 7 heteroatoms. The van der Waals surface area contributed by atoms with Gasteiger partial charge in [0, 0.05) is 23.1 Å². The molecule has 1 amide bonds. The smallest absolute Gasteiger partial charge is 0.230 e. The Labute approximate surface area is 169 Å². The van der Waals surface area contributed by atoms with E-state index in [0.717, 1.165) is 31.2 Å². The van der Waals surface area contributed by atoms with Crippen LogP contribution in [0.4, 0.5) is 5.13 Å². The largest absolute Gasteiger partial charge is 0.496 e. The molecule has 0 saturated carbocycles. The maximum absolute atomic E-state index is 12.5. The molecule has 1 fully saturated rings. The van der Waals surface area contributed by atoms with Gasteiger partial charge in [0.05, 0.1) is 19.2 Å². The number of piperidine rings is 1. The maximum atomic E-state index is 12.5. The van der Waals surface area contributed by atoms with Crippen LogP contribution in [0, 0.1) is 5.92 Å². The number of methoxy groups -OCH3 is 1. The van der Waals surface area contributed by atoms with Crippen LogP contribution in [0.2, 0.25) is 0 Å². The Hall–Kier alpha value is -2.25. The van der Waals surface area contributed by atoms with Crippen molar-refractivity contribution in [2.45, 2.75) is 39.7 Å². The molecule has 28 heavy (non-hydrogen) atoms. The molecule has 6 nitrogen and oxygen atoms in total. The van der Waals surface area contributed by atoms with Gasteiger partial charge in [0.25, 0.3) is 0 Å². The fraction of sp³-hybridized carbons (Fsp3) is 0.476. The van der Waals surface area contributed by atoms with E-state index in [1.54, 1.807) is 25.3 Å². The number of ether oxygens (including phenoxy) is 1. The van der Waals surface area contributed by atoms with Gasteiger partial charge in [-0.15, -0.1) is 11.3 Å². The lowest BCUT2D eigenvalue weighted by Gasteiger charge is -2.29. The van der Waals surface area contributed by atoms with Crippen molar-refractivity contribution in [1.82, 2.24) is 9.88 Å². The summed E-state index contributed by atoms with van der Waals surface area (Å²) in [4.78, 5) is 31.0. The van der Waals surface area contributed by atoms with Crippen LogP contribution in [0.25, 0.3) is 0 Å². The third kappa shape index (κ3) is 5.39. The first-order valence-corrected chi connectivity index (χ1v) is 10.5. The van der Waals surface area contributed by atoms with E-state index >= 15 is 0 Å². The van der Waals surface area contributed by atoms with Crippen LogP contribution in [0.15, 0.2) is 23.6 Å². The topological polar surface area (TPSA) is 71.5 Å². The molecule has 1 N–H and O–H groups in total. The Morgan fingerprint density at radius 1 is 1.32 bits per heavy atom. The first-order valence-electron chi connectivity index (χ1n) is 9.59. The molecule has 2 heterocycles. The van der Waals surface area contributed by atoms with Gasteiger partial charge < -0.3 is 10.1 Å². The fourth-order valence-corrected chi connectivity index (χ4v) is 4.08. The number of ketones is 1. The number of aromatic nitrogens is 1. The fourth-order valence-electron chi connectivity index (χ4n) is 3.36. The normalized spacial score (nSPS) is 15.4. The molecule has 0 aliphatic carbocycles. The van der Waals surface area contributed by atoms with Crippen LogP contribution < -0.4 is 10.1 Å². The molecule has 1 aromatic carbocycles. The lowest BCUT2D eigenvalue weighted by Crippen LogP contribution is -2.32. The minimum atomic E-state index is -0.174. The lowest BCUT2D eigenvalue weighted by atomic mass is 9.99. The summed E-state index contributed by atoms with van der Waals surface area (Å²) in [5, 5.41) is 5.47. The first-order chi connectivity index (χ1) is 13.4. The molecule has 0 bridgehead atoms. The van der Waals surface area contributed by atoms with Crippen LogP contribution in [0.1, 0.15) is 48.3 Å². The van der Waals surface area contributed by atoms with Crippen molar-refractivity contribution in [3.63, 3.8) is 0 Å². The molecule has 0 atom stereocenters. The number of nitrogens with zero attached hydrogens (tertiary/aromatic N) is 2. The third-order valence-electron chi connectivity index (χ3n) is 5.10. The highest BCUT2D eigenvalue weighted by Gasteiger charge is 2.17. The minimum absolute atomic E-state index is 0.0408. The lowest BCUT2D eigenvalue weighted by molar-refractivity contribution is -0.115. The second-order valence-corrected chi connectivity index (χ2v) is 8.27. The molecule has 3 rings (SSSR count). The summed E-state index contributed by atoms with van der Waals surface area (Å²) >= 11 is 1.44. The zero-order chi connectivity index (χ0) is 20.1. The predicted molar refractivity (Wildman–Crippen MR) is 111 cm³/mol. The number of thiazole rings is 1. The van der Waals surface area contributed by atoms with E-state index in [1.165, 1.54) is 31.1 Å². The number of hydrogen-bond donors (Lipinski definition) is 1. The average molecular weight is 402 g/mol. The minimum Gasteiger partial charge on any atom is -0.496 e. The number of hydrogen-bond acceptors (Lipinski definition) is 6. The molecule has 150 valence electrons. The van der Waals surface area contributed by atoms with Gasteiger partial charge in [-0.2, -0.15) is 0 Å². The zero-order valence-corrected chi connectivity index (χ0v) is 17.5. The molecule has 1 aliphatic rings. The van der Waals surface area contributed by atoms with Gasteiger partial charge in [-0.1, -0.05) is 6.92 Å². The van der Waals surface area contributed by atoms with E-state index in [9.17, 15) is 9.59 Å². The summed E-state index contributed by atoms with van der Waals surface area (Å²) in [6.07, 6.45) is 2.59. The summed E-state index contributed by atoms with van der Waals surface area (Å²) in [5.41, 5.74) is 2.24. The summed E-state index contributed by atoms with van der Waals surface area (Å²) < 4.78 is 5.32. The summed E-state index contributed by atoms with van der Waals surface area (Å²) in [7, 11) is 1.55. The standard InChI is InChI=1S/C21H27N3O3S/c1-14-6-8-24(9-7-14)12-18-13-28-21(22-18)23-20(26)11-17-10-16(15(2)25)4-5-19(17)27-3/h4-5,10,13-14H,6-9,11-12H2,1-3H3,(H,22,23,26). The van der Waals surface area contributed by atoms with E-state index in [2.05, 4.69) is 22.1 Å². The highest BCUT2D eigenvalue weighted by atomic mass is 32.1. The molecule has 1 saturated heterocycles. The Morgan fingerprint density at radius 2 is 2.07 bits per heavy atom. The SMILES string of the molecule is COc1ccc(C(C)=O)cc1CC(=O)Nc1nc(CN2CCC(C)CC2)cs1. The van der Waals surface area contributed by atoms with Crippen LogP contribution >= 0.6 is 11.3 Å². The summed E-state index contributed by atoms with van der Waals surface area (Å²) in [6.45, 7) is 6.84. The van der Waals surface area contributed by atoms with Gasteiger partial charge in [-0.25, -0.2) is 4.98 Å². The number of nitrogens with one attached hydrogen (secondary N) is 1. The molecule has 0 radical (unpaired) electrons. The van der Waals surface area contributed by atoms with E-state index in [1.807, 2.05) is 5.38 Å². The number of carbonyl (C=O) groups excluding carboxylic acids is 2. The van der Waals surface area contributed by atoms with E-state index < -0.39 is 0 Å². The average Bonchev–Trinajstić information content (AvgIpc) is 3.10. The summed E-state index contributed by atoms with van der Waals surface area (Å²) in [5.74, 6) is 1.19. The quantitative estimate of drug-likeness (QED) is 0.715. The number of benzene rings is 1. The number of likely N-dealkylation sites (tertiary alicyclic amines) is 1. The number of carbonyl (C=O) groups is 2. The van der Waals surface area contributed by atoms with Crippen molar-refractivity contribution in [3.05, 3.63) is 40.4 Å². The van der Waals surface area contributed by atoms with Crippen LogP contribution in [0.3, 0.4) is 0 Å². The Kier molecular flexibility index (Phi) is 6.80. The molecule has 0 spiro atoms. The second kappa shape index (κ2) is 9.30. The van der Waals surface area contributed by atoms with Gasteiger partial charge in [0.15, 0.2) is 10.9 Å². The first kappa shape index (κ1) is 20.5. The molecular weight excluding hydrogens is 374 g/mol. The van der Waals surface area contributed by atoms with Crippen LogP contribution in [0.5, 0.6) is 5.75 Å². The number of rotatable bonds is 7. The van der Waals surface area contributed by atoms with E-state index in [0.29, 0.717) is 22.0 Å². The van der Waals surface area contributed by atoms with Crippen LogP contribution in [-0.2, 0) is 17.8 Å². The second-order valence-electron chi connectivity index (χ2n) is 7.41. The van der Waals surface area contributed by atoms with Crippen molar-refractivity contribution in [1.29, 1.82) is 0 Å². The van der Waals surface area contributed by atoms with Gasteiger partial charge in [-0.05, 0) is 57.0 Å². The van der Waals surface area contributed by atoms with Gasteiger partial charge >= 0.3 is 0 Å². The van der Waals surface area contributed by atoms with Crippen molar-refractivity contribution < 1.29 is 14.3 Å². The maximum Gasteiger partial charge on any atom is 0.230 e. The number of Topliss-reactive ketones (excluding diaryl/α,β-unsaturated/α-hetero) is 1. The molecule has 1 aliphatic heterocycles. The van der Waals surface area contributed by atoms with Crippen molar-refractivity contribution in [2.75, 3.05) is 25.5 Å². The van der Waals surface area contributed by atoms with E-state index in [-0.39, 0.29) is 18.1 Å². The number of anilines is 1. The van der Waals surface area contributed by atoms with Gasteiger partial charge in [0.1, 0.15) is 5.75 Å². The Balaban J connectivity index is 1.59. The summed E-state index contributed by atoms with van der Waals surface area (Å²) in [6, 6.07) is 5.14. The Bertz CT molecular complexity index is 841. The molecular formula is C21H27N3O3S. The van der Waals surface area contributed by atoms with Gasteiger partial charge in [-0.3, -0.25) is 14.5 Å². The van der Waals surface area contributed by atoms with Gasteiger partial charge in [0.2, 0.25) is 5.91 Å². The Morgan fingerprint density at radius 3 is 2.75 bits per heavy atom. The molecule has 1 aromatic heterocycles. The van der Waals surface area contributed by atoms with Crippen molar-refractivity contribution in [3.8, 4) is 5.75 Å². The molecule has 2 aromatic rings. The monoisotopic (exact) mass is 401 g/mol. The van der Waals surface area contributed by atoms with Crippen molar-refractivity contribution in [2.24, 2.45) is 5.92 Å². The highest BCUT2D eigenvalue weighted by Crippen LogP contribution is 2.23. The molecule has 0 unspecified atom stereocenters. The highest BCUT2D eigenvalue weighted by molar-refractivity contribution is 7.13. The number of amides is 1. The van der Waals surface area contributed by atoms with Crippen LogP contribution in [-0.4, -0.2) is 41.8 Å². The third-order valence-corrected chi connectivity index (χ3v) is 5.90. The van der Waals surface area contributed by atoms with E-state index in [4.69, 9.17) is 4.74 Å².